The van der Waals surface area contributed by atoms with Gasteiger partial charge in [0.05, 0.1) is 17.7 Å². The Morgan fingerprint density at radius 3 is 2.27 bits per heavy atom. The molecular weight excluding hydrogens is 296 g/mol. The molecule has 116 valence electrons. The largest absolute Gasteiger partial charge is 0.496 e. The summed E-state index contributed by atoms with van der Waals surface area (Å²) in [4.78, 5) is 12.9. The molecule has 0 heterocycles. The summed E-state index contributed by atoms with van der Waals surface area (Å²) in [5, 5.41) is 0.466. The molecule has 3 heteroatoms. The van der Waals surface area contributed by atoms with Gasteiger partial charge in [-0.05, 0) is 47.7 Å². The van der Waals surface area contributed by atoms with Crippen LogP contribution in [0.15, 0.2) is 36.4 Å². The van der Waals surface area contributed by atoms with Crippen LogP contribution in [0.1, 0.15) is 47.8 Å². The zero-order valence-electron chi connectivity index (χ0n) is 13.7. The van der Waals surface area contributed by atoms with Crippen molar-refractivity contribution in [2.45, 2.75) is 33.1 Å². The molecule has 0 aliphatic heterocycles. The second-order valence-corrected chi connectivity index (χ2v) is 6.88. The van der Waals surface area contributed by atoms with Gasteiger partial charge in [-0.25, -0.2) is 0 Å². The Morgan fingerprint density at radius 2 is 1.73 bits per heavy atom. The van der Waals surface area contributed by atoms with Gasteiger partial charge >= 0.3 is 0 Å². The summed E-state index contributed by atoms with van der Waals surface area (Å²) in [6.07, 6.45) is 0. The van der Waals surface area contributed by atoms with Gasteiger partial charge in [0.15, 0.2) is 5.78 Å². The van der Waals surface area contributed by atoms with Gasteiger partial charge in [-0.1, -0.05) is 44.5 Å². The average molecular weight is 317 g/mol. The Balaban J connectivity index is 2.56. The van der Waals surface area contributed by atoms with Crippen molar-refractivity contribution in [1.82, 2.24) is 0 Å². The Kier molecular flexibility index (Phi) is 4.62. The minimum absolute atomic E-state index is 0.0433. The number of ketones is 1. The highest BCUT2D eigenvalue weighted by molar-refractivity contribution is 6.35. The average Bonchev–Trinajstić information content (AvgIpc) is 2.45. The Bertz CT molecular complexity index is 712. The number of aryl methyl sites for hydroxylation is 1. The first-order chi connectivity index (χ1) is 10.2. The van der Waals surface area contributed by atoms with E-state index in [1.165, 1.54) is 0 Å². The van der Waals surface area contributed by atoms with Crippen LogP contribution in [0.4, 0.5) is 0 Å². The van der Waals surface area contributed by atoms with E-state index in [9.17, 15) is 4.79 Å². The van der Waals surface area contributed by atoms with Gasteiger partial charge in [0.2, 0.25) is 0 Å². The summed E-state index contributed by atoms with van der Waals surface area (Å²) in [6, 6.07) is 11.2. The fourth-order valence-electron chi connectivity index (χ4n) is 2.30. The number of rotatable bonds is 3. The van der Waals surface area contributed by atoms with Crippen LogP contribution in [0, 0.1) is 6.92 Å². The van der Waals surface area contributed by atoms with Crippen LogP contribution in [0.5, 0.6) is 5.75 Å². The summed E-state index contributed by atoms with van der Waals surface area (Å²) in [7, 11) is 1.57. The van der Waals surface area contributed by atoms with Crippen LogP contribution in [-0.2, 0) is 5.41 Å². The van der Waals surface area contributed by atoms with Gasteiger partial charge in [0.25, 0.3) is 0 Å². The highest BCUT2D eigenvalue weighted by Crippen LogP contribution is 2.31. The standard InChI is InChI=1S/C19H21ClO2/c1-12-6-8-14(16(20)10-12)18(21)15-11-13(19(2,3)4)7-9-17(15)22-5/h6-11H,1-5H3. The number of methoxy groups -OCH3 is 1. The zero-order valence-corrected chi connectivity index (χ0v) is 14.4. The normalized spacial score (nSPS) is 11.4. The van der Waals surface area contributed by atoms with Crippen LogP contribution in [0.3, 0.4) is 0 Å². The molecule has 2 nitrogen and oxygen atoms in total. The molecule has 0 saturated heterocycles. The molecule has 0 radical (unpaired) electrons. The second kappa shape index (κ2) is 6.13. The molecule has 0 bridgehead atoms. The van der Waals surface area contributed by atoms with Gasteiger partial charge in [-0.2, -0.15) is 0 Å². The maximum absolute atomic E-state index is 12.9. The lowest BCUT2D eigenvalue weighted by atomic mass is 9.85. The number of carbonyl (C=O) groups excluding carboxylic acids is 1. The minimum Gasteiger partial charge on any atom is -0.496 e. The highest BCUT2D eigenvalue weighted by Gasteiger charge is 2.21. The number of carbonyl (C=O) groups is 1. The van der Waals surface area contributed by atoms with Gasteiger partial charge in [-0.3, -0.25) is 4.79 Å². The summed E-state index contributed by atoms with van der Waals surface area (Å²) in [6.45, 7) is 8.28. The predicted octanol–water partition coefficient (Wildman–Crippen LogP) is 5.19. The molecule has 22 heavy (non-hydrogen) atoms. The van der Waals surface area contributed by atoms with Crippen molar-refractivity contribution in [1.29, 1.82) is 0 Å². The fraction of sp³-hybridized carbons (Fsp3) is 0.316. The van der Waals surface area contributed by atoms with E-state index in [-0.39, 0.29) is 11.2 Å². The van der Waals surface area contributed by atoms with E-state index in [0.29, 0.717) is 21.9 Å². The molecule has 2 aromatic carbocycles. The Morgan fingerprint density at radius 1 is 1.05 bits per heavy atom. The SMILES string of the molecule is COc1ccc(C(C)(C)C)cc1C(=O)c1ccc(C)cc1Cl. The lowest BCUT2D eigenvalue weighted by Crippen LogP contribution is -2.13. The molecule has 0 spiro atoms. The van der Waals surface area contributed by atoms with Crippen molar-refractivity contribution >= 4 is 17.4 Å². The molecular formula is C19H21ClO2. The molecule has 0 unspecified atom stereocenters. The third kappa shape index (κ3) is 3.33. The van der Waals surface area contributed by atoms with Crippen LogP contribution in [-0.4, -0.2) is 12.9 Å². The molecule has 0 aliphatic carbocycles. The van der Waals surface area contributed by atoms with E-state index < -0.39 is 0 Å². The molecule has 0 N–H and O–H groups in total. The van der Waals surface area contributed by atoms with Crippen LogP contribution in [0.25, 0.3) is 0 Å². The second-order valence-electron chi connectivity index (χ2n) is 6.48. The minimum atomic E-state index is -0.118. The smallest absolute Gasteiger partial charge is 0.198 e. The number of hydrogen-bond acceptors (Lipinski definition) is 2. The Labute approximate surface area is 137 Å². The molecule has 0 amide bonds. The zero-order chi connectivity index (χ0) is 16.5. The molecule has 2 aromatic rings. The maximum atomic E-state index is 12.9. The first kappa shape index (κ1) is 16.6. The maximum Gasteiger partial charge on any atom is 0.198 e. The van der Waals surface area contributed by atoms with E-state index >= 15 is 0 Å². The molecule has 0 aliphatic rings. The predicted molar refractivity (Wildman–Crippen MR) is 91.3 cm³/mol. The summed E-state index contributed by atoms with van der Waals surface area (Å²) in [5.41, 5.74) is 3.10. The number of benzene rings is 2. The van der Waals surface area contributed by atoms with Crippen LogP contribution >= 0.6 is 11.6 Å². The van der Waals surface area contributed by atoms with Crippen molar-refractivity contribution < 1.29 is 9.53 Å². The molecule has 0 saturated carbocycles. The highest BCUT2D eigenvalue weighted by atomic mass is 35.5. The molecule has 2 rings (SSSR count). The fourth-order valence-corrected chi connectivity index (χ4v) is 2.62. The van der Waals surface area contributed by atoms with E-state index in [4.69, 9.17) is 16.3 Å². The number of hydrogen-bond donors (Lipinski definition) is 0. The topological polar surface area (TPSA) is 26.3 Å². The third-order valence-corrected chi connectivity index (χ3v) is 3.99. The molecule has 0 atom stereocenters. The van der Waals surface area contributed by atoms with Gasteiger partial charge < -0.3 is 4.74 Å². The Hall–Kier alpha value is -1.80. The van der Waals surface area contributed by atoms with Crippen LogP contribution in [0.2, 0.25) is 5.02 Å². The van der Waals surface area contributed by atoms with E-state index in [1.54, 1.807) is 19.2 Å². The molecule has 0 fully saturated rings. The summed E-state index contributed by atoms with van der Waals surface area (Å²) >= 11 is 6.24. The first-order valence-electron chi connectivity index (χ1n) is 7.23. The van der Waals surface area contributed by atoms with Gasteiger partial charge in [-0.15, -0.1) is 0 Å². The monoisotopic (exact) mass is 316 g/mol. The lowest BCUT2D eigenvalue weighted by Gasteiger charge is -2.21. The van der Waals surface area contributed by atoms with Crippen molar-refractivity contribution in [2.75, 3.05) is 7.11 Å². The lowest BCUT2D eigenvalue weighted by molar-refractivity contribution is 0.103. The number of ether oxygens (including phenoxy) is 1. The molecule has 0 aromatic heterocycles. The quantitative estimate of drug-likeness (QED) is 0.729. The van der Waals surface area contributed by atoms with Crippen LogP contribution < -0.4 is 4.74 Å². The van der Waals surface area contributed by atoms with Crippen molar-refractivity contribution in [3.63, 3.8) is 0 Å². The van der Waals surface area contributed by atoms with Crippen molar-refractivity contribution in [3.05, 3.63) is 63.7 Å². The van der Waals surface area contributed by atoms with Gasteiger partial charge in [0.1, 0.15) is 5.75 Å². The van der Waals surface area contributed by atoms with E-state index in [1.807, 2.05) is 31.2 Å². The number of halogens is 1. The van der Waals surface area contributed by atoms with E-state index in [0.717, 1.165) is 11.1 Å². The summed E-state index contributed by atoms with van der Waals surface area (Å²) in [5.74, 6) is 0.447. The van der Waals surface area contributed by atoms with Gasteiger partial charge in [0, 0.05) is 5.56 Å². The van der Waals surface area contributed by atoms with Crippen molar-refractivity contribution in [3.8, 4) is 5.75 Å². The summed E-state index contributed by atoms with van der Waals surface area (Å²) < 4.78 is 5.36. The third-order valence-electron chi connectivity index (χ3n) is 3.68. The van der Waals surface area contributed by atoms with Crippen molar-refractivity contribution in [2.24, 2.45) is 0 Å². The first-order valence-corrected chi connectivity index (χ1v) is 7.61. The van der Waals surface area contributed by atoms with E-state index in [2.05, 4.69) is 20.8 Å².